The van der Waals surface area contributed by atoms with Gasteiger partial charge in [-0.2, -0.15) is 0 Å². The SMILES string of the molecule is O=c1cc(Oc2ccc(Cl)nc2)c2ccc(OCc3ccccc3)cc2[nH]1. The minimum Gasteiger partial charge on any atom is -0.489 e. The summed E-state index contributed by atoms with van der Waals surface area (Å²) in [4.78, 5) is 18.8. The Hall–Kier alpha value is -3.31. The molecule has 0 saturated carbocycles. The molecule has 2 heterocycles. The largest absolute Gasteiger partial charge is 0.489 e. The number of H-pyrrole nitrogens is 1. The third-order valence-electron chi connectivity index (χ3n) is 3.95. The average molecular weight is 379 g/mol. The molecular formula is C21H15ClN2O3. The van der Waals surface area contributed by atoms with Crippen LogP contribution in [-0.2, 0) is 6.61 Å². The van der Waals surface area contributed by atoms with E-state index in [2.05, 4.69) is 9.97 Å². The number of pyridine rings is 2. The summed E-state index contributed by atoms with van der Waals surface area (Å²) < 4.78 is 11.6. The van der Waals surface area contributed by atoms with Gasteiger partial charge in [0.25, 0.3) is 5.56 Å². The number of nitrogens with zero attached hydrogens (tertiary/aromatic N) is 1. The molecule has 2 aromatic carbocycles. The van der Waals surface area contributed by atoms with E-state index in [9.17, 15) is 4.79 Å². The first-order chi connectivity index (χ1) is 13.2. The minimum atomic E-state index is -0.264. The Labute approximate surface area is 160 Å². The van der Waals surface area contributed by atoms with Crippen LogP contribution in [0.15, 0.2) is 77.7 Å². The van der Waals surface area contributed by atoms with Gasteiger partial charge in [-0.25, -0.2) is 4.98 Å². The summed E-state index contributed by atoms with van der Waals surface area (Å²) in [5, 5.41) is 1.13. The van der Waals surface area contributed by atoms with Crippen LogP contribution in [0, 0.1) is 0 Å². The van der Waals surface area contributed by atoms with Gasteiger partial charge in [-0.3, -0.25) is 4.79 Å². The van der Waals surface area contributed by atoms with Gasteiger partial charge in [0.2, 0.25) is 0 Å². The number of fused-ring (bicyclic) bond motifs is 1. The maximum absolute atomic E-state index is 12.0. The molecule has 0 amide bonds. The van der Waals surface area contributed by atoms with Gasteiger partial charge in [-0.1, -0.05) is 41.9 Å². The van der Waals surface area contributed by atoms with Gasteiger partial charge in [0, 0.05) is 17.5 Å². The number of halogens is 1. The standard InChI is InChI=1S/C21H15ClN2O3/c22-20-9-7-16(12-23-20)27-19-11-21(25)24-18-10-15(6-8-17(18)19)26-13-14-4-2-1-3-5-14/h1-12H,13H2,(H,24,25). The first-order valence-electron chi connectivity index (χ1n) is 8.30. The maximum Gasteiger partial charge on any atom is 0.252 e. The Balaban J connectivity index is 1.62. The van der Waals surface area contributed by atoms with E-state index in [-0.39, 0.29) is 5.56 Å². The van der Waals surface area contributed by atoms with Crippen LogP contribution in [-0.4, -0.2) is 9.97 Å². The van der Waals surface area contributed by atoms with E-state index in [1.807, 2.05) is 42.5 Å². The maximum atomic E-state index is 12.0. The Morgan fingerprint density at radius 3 is 2.56 bits per heavy atom. The second-order valence-corrected chi connectivity index (χ2v) is 6.29. The van der Waals surface area contributed by atoms with Crippen molar-refractivity contribution in [3.8, 4) is 17.2 Å². The van der Waals surface area contributed by atoms with Crippen LogP contribution in [0.5, 0.6) is 17.2 Å². The minimum absolute atomic E-state index is 0.264. The molecule has 1 N–H and O–H groups in total. The number of hydrogen-bond donors (Lipinski definition) is 1. The molecule has 4 rings (SSSR count). The fourth-order valence-corrected chi connectivity index (χ4v) is 2.78. The monoisotopic (exact) mass is 378 g/mol. The van der Waals surface area contributed by atoms with Gasteiger partial charge in [0.05, 0.1) is 11.7 Å². The van der Waals surface area contributed by atoms with Crippen molar-refractivity contribution in [1.29, 1.82) is 0 Å². The van der Waals surface area contributed by atoms with E-state index >= 15 is 0 Å². The van der Waals surface area contributed by atoms with Crippen LogP contribution in [0.25, 0.3) is 10.9 Å². The van der Waals surface area contributed by atoms with Crippen LogP contribution in [0.2, 0.25) is 5.15 Å². The number of hydrogen-bond acceptors (Lipinski definition) is 4. The Morgan fingerprint density at radius 1 is 0.963 bits per heavy atom. The Kier molecular flexibility index (Phi) is 4.77. The summed E-state index contributed by atoms with van der Waals surface area (Å²) in [5.41, 5.74) is 1.43. The van der Waals surface area contributed by atoms with Gasteiger partial charge >= 0.3 is 0 Å². The van der Waals surface area contributed by atoms with Gasteiger partial charge < -0.3 is 14.5 Å². The fraction of sp³-hybridized carbons (Fsp3) is 0.0476. The van der Waals surface area contributed by atoms with Gasteiger partial charge in [-0.05, 0) is 29.8 Å². The fourth-order valence-electron chi connectivity index (χ4n) is 2.67. The lowest BCUT2D eigenvalue weighted by Gasteiger charge is -2.11. The molecule has 5 nitrogen and oxygen atoms in total. The Morgan fingerprint density at radius 2 is 1.78 bits per heavy atom. The quantitative estimate of drug-likeness (QED) is 0.499. The summed E-state index contributed by atoms with van der Waals surface area (Å²) in [6.07, 6.45) is 1.51. The lowest BCUT2D eigenvalue weighted by Crippen LogP contribution is -2.05. The molecule has 2 aromatic heterocycles. The highest BCUT2D eigenvalue weighted by molar-refractivity contribution is 6.29. The van der Waals surface area contributed by atoms with Crippen LogP contribution in [0.1, 0.15) is 5.56 Å². The number of aromatic amines is 1. The first-order valence-corrected chi connectivity index (χ1v) is 8.68. The lowest BCUT2D eigenvalue weighted by molar-refractivity contribution is 0.306. The van der Waals surface area contributed by atoms with E-state index in [1.54, 1.807) is 18.2 Å². The van der Waals surface area contributed by atoms with E-state index in [1.165, 1.54) is 12.3 Å². The molecule has 0 spiro atoms. The lowest BCUT2D eigenvalue weighted by atomic mass is 10.2. The third kappa shape index (κ3) is 4.10. The number of benzene rings is 2. The predicted molar refractivity (Wildman–Crippen MR) is 105 cm³/mol. The highest BCUT2D eigenvalue weighted by Crippen LogP contribution is 2.30. The summed E-state index contributed by atoms with van der Waals surface area (Å²) in [5.74, 6) is 1.59. The van der Waals surface area contributed by atoms with Crippen LogP contribution in [0.3, 0.4) is 0 Å². The molecule has 27 heavy (non-hydrogen) atoms. The molecule has 6 heteroatoms. The number of rotatable bonds is 5. The van der Waals surface area contributed by atoms with Gasteiger partial charge in [-0.15, -0.1) is 0 Å². The van der Waals surface area contributed by atoms with E-state index in [0.29, 0.717) is 34.5 Å². The second-order valence-electron chi connectivity index (χ2n) is 5.90. The van der Waals surface area contributed by atoms with Crippen molar-refractivity contribution in [2.75, 3.05) is 0 Å². The van der Waals surface area contributed by atoms with Crippen molar-refractivity contribution in [2.45, 2.75) is 6.61 Å². The molecule has 0 aliphatic rings. The van der Waals surface area contributed by atoms with Crippen LogP contribution >= 0.6 is 11.6 Å². The molecule has 0 unspecified atom stereocenters. The average Bonchev–Trinajstić information content (AvgIpc) is 2.68. The molecule has 0 radical (unpaired) electrons. The highest BCUT2D eigenvalue weighted by Gasteiger charge is 2.08. The molecule has 0 bridgehead atoms. The zero-order valence-electron chi connectivity index (χ0n) is 14.2. The van der Waals surface area contributed by atoms with Crippen LogP contribution < -0.4 is 15.0 Å². The van der Waals surface area contributed by atoms with Crippen molar-refractivity contribution in [2.24, 2.45) is 0 Å². The Bertz CT molecular complexity index is 1130. The summed E-state index contributed by atoms with van der Waals surface area (Å²) >= 11 is 5.79. The van der Waals surface area contributed by atoms with Crippen LogP contribution in [0.4, 0.5) is 0 Å². The van der Waals surface area contributed by atoms with Crippen molar-refractivity contribution in [3.05, 3.63) is 94.0 Å². The molecule has 0 saturated heterocycles. The van der Waals surface area contributed by atoms with E-state index < -0.39 is 0 Å². The normalized spacial score (nSPS) is 10.7. The first kappa shape index (κ1) is 17.1. The molecular weight excluding hydrogens is 364 g/mol. The van der Waals surface area contributed by atoms with E-state index in [0.717, 1.165) is 10.9 Å². The van der Waals surface area contributed by atoms with Crippen molar-refractivity contribution >= 4 is 22.5 Å². The van der Waals surface area contributed by atoms with Gasteiger partial charge in [0.15, 0.2) is 0 Å². The van der Waals surface area contributed by atoms with Crippen molar-refractivity contribution in [1.82, 2.24) is 9.97 Å². The number of nitrogens with one attached hydrogen (secondary N) is 1. The molecule has 134 valence electrons. The second kappa shape index (κ2) is 7.51. The third-order valence-corrected chi connectivity index (χ3v) is 4.18. The van der Waals surface area contributed by atoms with Crippen molar-refractivity contribution in [3.63, 3.8) is 0 Å². The van der Waals surface area contributed by atoms with Gasteiger partial charge in [0.1, 0.15) is 29.0 Å². The predicted octanol–water partition coefficient (Wildman–Crippen LogP) is 4.95. The van der Waals surface area contributed by atoms with Crippen molar-refractivity contribution < 1.29 is 9.47 Å². The topological polar surface area (TPSA) is 64.2 Å². The number of aromatic nitrogens is 2. The molecule has 0 atom stereocenters. The smallest absolute Gasteiger partial charge is 0.252 e. The summed E-state index contributed by atoms with van der Waals surface area (Å²) in [6.45, 7) is 0.448. The molecule has 0 aliphatic carbocycles. The number of ether oxygens (including phenoxy) is 2. The zero-order valence-corrected chi connectivity index (χ0v) is 14.9. The molecule has 4 aromatic rings. The van der Waals surface area contributed by atoms with E-state index in [4.69, 9.17) is 21.1 Å². The summed E-state index contributed by atoms with van der Waals surface area (Å²) in [6, 6.07) is 20.1. The molecule has 0 aliphatic heterocycles. The molecule has 0 fully saturated rings. The zero-order chi connectivity index (χ0) is 18.6. The summed E-state index contributed by atoms with van der Waals surface area (Å²) in [7, 11) is 0. The highest BCUT2D eigenvalue weighted by atomic mass is 35.5.